The molecule has 0 radical (unpaired) electrons. The van der Waals surface area contributed by atoms with E-state index in [4.69, 9.17) is 14.5 Å². The number of aromatic hydroxyl groups is 1. The Balaban J connectivity index is 1.74. The predicted molar refractivity (Wildman–Crippen MR) is 103 cm³/mol. The number of nitrogens with one attached hydrogen (secondary N) is 1. The molecule has 0 aliphatic carbocycles. The number of phenolic OH excluding ortho intramolecular Hbond substituents is 1. The molecule has 1 aromatic carbocycles. The molecule has 2 N–H and O–H groups in total. The average molecular weight is 382 g/mol. The van der Waals surface area contributed by atoms with Crippen LogP contribution in [0.1, 0.15) is 13.3 Å². The van der Waals surface area contributed by atoms with Gasteiger partial charge in [-0.15, -0.1) is 0 Å². The molecule has 0 saturated carbocycles. The van der Waals surface area contributed by atoms with Crippen LogP contribution in [0.2, 0.25) is 0 Å². The monoisotopic (exact) mass is 382 g/mol. The Hall–Kier alpha value is -3.29. The lowest BCUT2D eigenvalue weighted by molar-refractivity contribution is -0.119. The van der Waals surface area contributed by atoms with E-state index in [-0.39, 0.29) is 23.7 Å². The van der Waals surface area contributed by atoms with Gasteiger partial charge in [-0.05, 0) is 31.2 Å². The summed E-state index contributed by atoms with van der Waals surface area (Å²) >= 11 is 0. The van der Waals surface area contributed by atoms with Crippen molar-refractivity contribution in [3.8, 4) is 28.6 Å². The lowest BCUT2D eigenvalue weighted by Crippen LogP contribution is -2.26. The molecule has 1 amide bonds. The maximum absolute atomic E-state index is 11.5. The fourth-order valence-corrected chi connectivity index (χ4v) is 3.41. The molecular weight excluding hydrogens is 360 g/mol. The highest BCUT2D eigenvalue weighted by molar-refractivity contribution is 5.87. The van der Waals surface area contributed by atoms with Crippen LogP contribution in [0.15, 0.2) is 30.5 Å². The van der Waals surface area contributed by atoms with Crippen molar-refractivity contribution in [3.05, 3.63) is 30.5 Å². The smallest absolute Gasteiger partial charge is 0.225 e. The molecule has 8 nitrogen and oxygen atoms in total. The molecule has 2 atom stereocenters. The van der Waals surface area contributed by atoms with Gasteiger partial charge in [0.25, 0.3) is 0 Å². The topological polar surface area (TPSA) is 98.5 Å². The first-order valence-electron chi connectivity index (χ1n) is 9.09. The SMILES string of the molecule is COc1cc(-c2cc3nn(C)cc3c(OC(C)[C@H]3CNC(=O)C3)n2)ccc1O. The second kappa shape index (κ2) is 7.03. The zero-order valence-corrected chi connectivity index (χ0v) is 16.0. The first-order chi connectivity index (χ1) is 13.4. The van der Waals surface area contributed by atoms with E-state index >= 15 is 0 Å². The third-order valence-corrected chi connectivity index (χ3v) is 5.03. The van der Waals surface area contributed by atoms with Crippen LogP contribution in [-0.2, 0) is 11.8 Å². The van der Waals surface area contributed by atoms with Crippen molar-refractivity contribution in [2.24, 2.45) is 13.0 Å². The minimum atomic E-state index is -0.181. The molecule has 1 unspecified atom stereocenters. The molecule has 1 aliphatic heterocycles. The zero-order chi connectivity index (χ0) is 19.8. The number of rotatable bonds is 5. The van der Waals surface area contributed by atoms with Crippen LogP contribution in [0.4, 0.5) is 0 Å². The lowest BCUT2D eigenvalue weighted by Gasteiger charge is -2.19. The van der Waals surface area contributed by atoms with E-state index in [1.165, 1.54) is 7.11 Å². The standard InChI is InChI=1S/C20H22N4O4/c1-11(13-7-19(26)21-9-13)28-20-14-10-24(2)23-16(14)8-15(22-20)12-4-5-17(25)18(6-12)27-3/h4-6,8,10-11,13,25H,7,9H2,1-3H3,(H,21,26)/t11?,13-/m1/s1. The maximum atomic E-state index is 11.5. The van der Waals surface area contributed by atoms with E-state index in [2.05, 4.69) is 10.4 Å². The Bertz CT molecular complexity index is 1050. The fraction of sp³-hybridized carbons (Fsp3) is 0.350. The molecule has 146 valence electrons. The van der Waals surface area contributed by atoms with Crippen molar-refractivity contribution >= 4 is 16.8 Å². The molecule has 2 aromatic heterocycles. The van der Waals surface area contributed by atoms with Crippen LogP contribution in [0.3, 0.4) is 0 Å². The molecule has 1 aliphatic rings. The van der Waals surface area contributed by atoms with Gasteiger partial charge in [0.2, 0.25) is 11.8 Å². The molecule has 3 aromatic rings. The van der Waals surface area contributed by atoms with Gasteiger partial charge in [-0.2, -0.15) is 5.10 Å². The van der Waals surface area contributed by atoms with Crippen LogP contribution in [-0.4, -0.2) is 45.5 Å². The third-order valence-electron chi connectivity index (χ3n) is 5.03. The Labute approximate surface area is 162 Å². The highest BCUT2D eigenvalue weighted by Gasteiger charge is 2.29. The predicted octanol–water partition coefficient (Wildman–Crippen LogP) is 2.25. The van der Waals surface area contributed by atoms with E-state index in [0.29, 0.717) is 30.3 Å². The van der Waals surface area contributed by atoms with E-state index in [1.807, 2.05) is 26.2 Å². The molecule has 0 spiro atoms. The molecule has 1 saturated heterocycles. The first kappa shape index (κ1) is 18.1. The highest BCUT2D eigenvalue weighted by atomic mass is 16.5. The van der Waals surface area contributed by atoms with Gasteiger partial charge in [-0.25, -0.2) is 4.98 Å². The minimum absolute atomic E-state index is 0.0462. The number of aromatic nitrogens is 3. The van der Waals surface area contributed by atoms with E-state index < -0.39 is 0 Å². The number of pyridine rings is 1. The van der Waals surface area contributed by atoms with Crippen molar-refractivity contribution < 1.29 is 19.4 Å². The van der Waals surface area contributed by atoms with Crippen molar-refractivity contribution in [2.45, 2.75) is 19.4 Å². The van der Waals surface area contributed by atoms with Gasteiger partial charge >= 0.3 is 0 Å². The average Bonchev–Trinajstić information content (AvgIpc) is 3.27. The van der Waals surface area contributed by atoms with Gasteiger partial charge < -0.3 is 19.9 Å². The molecule has 3 heterocycles. The maximum Gasteiger partial charge on any atom is 0.225 e. The summed E-state index contributed by atoms with van der Waals surface area (Å²) in [5.74, 6) is 1.04. The summed E-state index contributed by atoms with van der Waals surface area (Å²) in [4.78, 5) is 16.2. The number of phenols is 1. The van der Waals surface area contributed by atoms with Crippen LogP contribution in [0, 0.1) is 5.92 Å². The Kier molecular flexibility index (Phi) is 4.54. The van der Waals surface area contributed by atoms with Gasteiger partial charge in [-0.3, -0.25) is 9.48 Å². The summed E-state index contributed by atoms with van der Waals surface area (Å²) in [5, 5.41) is 18.0. The second-order valence-electron chi connectivity index (χ2n) is 7.03. The number of nitrogens with zero attached hydrogens (tertiary/aromatic N) is 3. The summed E-state index contributed by atoms with van der Waals surface area (Å²) in [7, 11) is 3.34. The molecular formula is C20H22N4O4. The van der Waals surface area contributed by atoms with Crippen molar-refractivity contribution in [2.75, 3.05) is 13.7 Å². The van der Waals surface area contributed by atoms with Crippen LogP contribution < -0.4 is 14.8 Å². The summed E-state index contributed by atoms with van der Waals surface area (Å²) in [6, 6.07) is 6.93. The first-order valence-corrected chi connectivity index (χ1v) is 9.09. The van der Waals surface area contributed by atoms with E-state index in [0.717, 1.165) is 16.5 Å². The zero-order valence-electron chi connectivity index (χ0n) is 16.0. The van der Waals surface area contributed by atoms with E-state index in [9.17, 15) is 9.90 Å². The summed E-state index contributed by atoms with van der Waals surface area (Å²) < 4.78 is 13.1. The number of hydrogen-bond donors (Lipinski definition) is 2. The van der Waals surface area contributed by atoms with Crippen molar-refractivity contribution in [3.63, 3.8) is 0 Å². The molecule has 8 heteroatoms. The Morgan fingerprint density at radius 1 is 1.36 bits per heavy atom. The molecule has 28 heavy (non-hydrogen) atoms. The quantitative estimate of drug-likeness (QED) is 0.702. The summed E-state index contributed by atoms with van der Waals surface area (Å²) in [6.07, 6.45) is 2.13. The summed E-state index contributed by atoms with van der Waals surface area (Å²) in [6.45, 7) is 2.55. The second-order valence-corrected chi connectivity index (χ2v) is 7.03. The van der Waals surface area contributed by atoms with E-state index in [1.54, 1.807) is 22.9 Å². The van der Waals surface area contributed by atoms with Crippen molar-refractivity contribution in [1.82, 2.24) is 20.1 Å². The van der Waals surface area contributed by atoms with Gasteiger partial charge in [0.15, 0.2) is 11.5 Å². The Morgan fingerprint density at radius 3 is 2.89 bits per heavy atom. The summed E-state index contributed by atoms with van der Waals surface area (Å²) in [5.41, 5.74) is 2.19. The lowest BCUT2D eigenvalue weighted by atomic mass is 10.0. The molecule has 0 bridgehead atoms. The van der Waals surface area contributed by atoms with Gasteiger partial charge in [0, 0.05) is 37.7 Å². The van der Waals surface area contributed by atoms with Gasteiger partial charge in [-0.1, -0.05) is 0 Å². The number of benzene rings is 1. The number of amides is 1. The minimum Gasteiger partial charge on any atom is -0.504 e. The normalized spacial score (nSPS) is 17.5. The molecule has 4 rings (SSSR count). The van der Waals surface area contributed by atoms with Gasteiger partial charge in [0.1, 0.15) is 6.10 Å². The Morgan fingerprint density at radius 2 is 2.18 bits per heavy atom. The number of methoxy groups -OCH3 is 1. The largest absolute Gasteiger partial charge is 0.504 e. The molecule has 1 fully saturated rings. The number of carbonyl (C=O) groups is 1. The number of carbonyl (C=O) groups excluding carboxylic acids is 1. The number of fused-ring (bicyclic) bond motifs is 1. The number of aryl methyl sites for hydroxylation is 1. The highest BCUT2D eigenvalue weighted by Crippen LogP contribution is 2.34. The number of ether oxygens (including phenoxy) is 2. The van der Waals surface area contributed by atoms with Crippen LogP contribution in [0.25, 0.3) is 22.2 Å². The van der Waals surface area contributed by atoms with Crippen LogP contribution >= 0.6 is 0 Å². The van der Waals surface area contributed by atoms with Crippen LogP contribution in [0.5, 0.6) is 17.4 Å². The van der Waals surface area contributed by atoms with Crippen molar-refractivity contribution in [1.29, 1.82) is 0 Å². The third kappa shape index (κ3) is 3.33. The fourth-order valence-electron chi connectivity index (χ4n) is 3.41. The number of hydrogen-bond acceptors (Lipinski definition) is 6. The van der Waals surface area contributed by atoms with Gasteiger partial charge in [0.05, 0.1) is 23.7 Å².